The zero-order chi connectivity index (χ0) is 14.7. The van der Waals surface area contributed by atoms with Gasteiger partial charge < -0.3 is 5.32 Å². The number of nitrogens with one attached hydrogen (secondary N) is 1. The summed E-state index contributed by atoms with van der Waals surface area (Å²) in [5.74, 6) is -0.278. The summed E-state index contributed by atoms with van der Waals surface area (Å²) in [5.41, 5.74) is 1.37. The van der Waals surface area contributed by atoms with E-state index in [-0.39, 0.29) is 5.82 Å². The Kier molecular flexibility index (Phi) is 4.10. The van der Waals surface area contributed by atoms with Crippen molar-refractivity contribution in [3.63, 3.8) is 0 Å². The molecule has 0 aliphatic heterocycles. The number of hydrogen-bond donors (Lipinski definition) is 1. The van der Waals surface area contributed by atoms with Crippen molar-refractivity contribution in [1.82, 2.24) is 20.0 Å². The van der Waals surface area contributed by atoms with Crippen molar-refractivity contribution in [3.8, 4) is 0 Å². The average molecular weight is 350 g/mol. The highest BCUT2D eigenvalue weighted by molar-refractivity contribution is 9.10. The highest BCUT2D eigenvalue weighted by atomic mass is 79.9. The minimum Gasteiger partial charge on any atom is -0.384 e. The number of anilines is 1. The van der Waals surface area contributed by atoms with Gasteiger partial charge in [-0.25, -0.2) is 4.39 Å². The Labute approximate surface area is 129 Å². The van der Waals surface area contributed by atoms with Gasteiger partial charge in [-0.1, -0.05) is 5.21 Å². The van der Waals surface area contributed by atoms with Gasteiger partial charge in [0.05, 0.1) is 17.1 Å². The predicted octanol–water partition coefficient (Wildman–Crippen LogP) is 3.23. The largest absolute Gasteiger partial charge is 0.384 e. The van der Waals surface area contributed by atoms with Crippen molar-refractivity contribution in [2.45, 2.75) is 13.0 Å². The molecule has 0 aliphatic rings. The minimum atomic E-state index is -0.278. The van der Waals surface area contributed by atoms with Crippen molar-refractivity contribution in [1.29, 1.82) is 0 Å². The van der Waals surface area contributed by atoms with E-state index in [1.807, 2.05) is 6.20 Å². The van der Waals surface area contributed by atoms with Gasteiger partial charge in [-0.15, -0.1) is 5.10 Å². The van der Waals surface area contributed by atoms with Crippen LogP contribution in [0.2, 0.25) is 0 Å². The summed E-state index contributed by atoms with van der Waals surface area (Å²) < 4.78 is 16.6. The van der Waals surface area contributed by atoms with E-state index >= 15 is 0 Å². The zero-order valence-corrected chi connectivity index (χ0v) is 12.7. The van der Waals surface area contributed by atoms with Crippen LogP contribution in [0.1, 0.15) is 6.42 Å². The van der Waals surface area contributed by atoms with Gasteiger partial charge in [-0.3, -0.25) is 9.67 Å². The molecule has 0 fully saturated rings. The lowest BCUT2D eigenvalue weighted by molar-refractivity contribution is 0.570. The van der Waals surface area contributed by atoms with Crippen LogP contribution >= 0.6 is 15.9 Å². The normalized spacial score (nSPS) is 11.0. The van der Waals surface area contributed by atoms with Crippen molar-refractivity contribution in [2.24, 2.45) is 0 Å². The summed E-state index contributed by atoms with van der Waals surface area (Å²) in [6.07, 6.45) is 6.00. The summed E-state index contributed by atoms with van der Waals surface area (Å²) >= 11 is 3.40. The summed E-state index contributed by atoms with van der Waals surface area (Å²) in [6, 6.07) is 4.89. The molecule has 0 unspecified atom stereocenters. The number of benzene rings is 1. The Bertz CT molecular complexity index is 744. The van der Waals surface area contributed by atoms with Crippen LogP contribution in [0.5, 0.6) is 0 Å². The number of fused-ring (bicyclic) bond motifs is 1. The van der Waals surface area contributed by atoms with Gasteiger partial charge in [0.1, 0.15) is 5.82 Å². The second-order valence-electron chi connectivity index (χ2n) is 4.56. The predicted molar refractivity (Wildman–Crippen MR) is 82.5 cm³/mol. The molecule has 0 saturated heterocycles. The topological polar surface area (TPSA) is 55.6 Å². The number of aryl methyl sites for hydroxylation is 1. The Balaban J connectivity index is 1.73. The number of halogens is 2. The van der Waals surface area contributed by atoms with Crippen LogP contribution in [0.15, 0.2) is 41.3 Å². The average Bonchev–Trinajstić information content (AvgIpc) is 3.01. The zero-order valence-electron chi connectivity index (χ0n) is 11.1. The third-order valence-corrected chi connectivity index (χ3v) is 3.78. The second-order valence-corrected chi connectivity index (χ2v) is 5.41. The van der Waals surface area contributed by atoms with Gasteiger partial charge in [0.25, 0.3) is 0 Å². The molecule has 0 radical (unpaired) electrons. The molecule has 0 bridgehead atoms. The van der Waals surface area contributed by atoms with Crippen molar-refractivity contribution >= 4 is 32.5 Å². The molecule has 0 atom stereocenters. The summed E-state index contributed by atoms with van der Waals surface area (Å²) in [4.78, 5) is 4.22. The quantitative estimate of drug-likeness (QED) is 0.718. The Morgan fingerprint density at radius 3 is 2.95 bits per heavy atom. The fourth-order valence-corrected chi connectivity index (χ4v) is 2.59. The molecule has 2 aromatic heterocycles. The van der Waals surface area contributed by atoms with Crippen LogP contribution in [0.25, 0.3) is 10.9 Å². The fourth-order valence-electron chi connectivity index (χ4n) is 2.16. The number of hydrogen-bond acceptors (Lipinski definition) is 4. The van der Waals surface area contributed by atoms with E-state index in [0.29, 0.717) is 17.4 Å². The Hall–Kier alpha value is -2.02. The van der Waals surface area contributed by atoms with Crippen molar-refractivity contribution in [3.05, 3.63) is 47.1 Å². The monoisotopic (exact) mass is 349 g/mol. The molecule has 7 heteroatoms. The molecule has 0 amide bonds. The summed E-state index contributed by atoms with van der Waals surface area (Å²) in [7, 11) is 0. The molecule has 2 heterocycles. The molecule has 108 valence electrons. The molecular formula is C14H13BrFN5. The summed E-state index contributed by atoms with van der Waals surface area (Å²) in [5, 5.41) is 11.4. The number of aromatic nitrogens is 4. The maximum Gasteiger partial charge on any atom is 0.134 e. The van der Waals surface area contributed by atoms with Crippen molar-refractivity contribution < 1.29 is 4.39 Å². The van der Waals surface area contributed by atoms with E-state index in [1.165, 1.54) is 6.07 Å². The lowest BCUT2D eigenvalue weighted by Gasteiger charge is -2.10. The maximum atomic E-state index is 14.0. The highest BCUT2D eigenvalue weighted by Gasteiger charge is 2.09. The second kappa shape index (κ2) is 6.17. The van der Waals surface area contributed by atoms with Gasteiger partial charge in [-0.2, -0.15) is 0 Å². The van der Waals surface area contributed by atoms with E-state index < -0.39 is 0 Å². The standard InChI is InChI=1S/C14H13BrFN5/c15-10-2-3-11(16)13-12(4-6-18-14(10)13)17-5-1-8-21-9-7-19-20-21/h2-4,6-7,9H,1,5,8H2,(H,17,18). The van der Waals surface area contributed by atoms with Crippen LogP contribution < -0.4 is 5.32 Å². The van der Waals surface area contributed by atoms with Gasteiger partial charge >= 0.3 is 0 Å². The molecule has 5 nitrogen and oxygen atoms in total. The van der Waals surface area contributed by atoms with Gasteiger partial charge in [0.15, 0.2) is 0 Å². The molecule has 21 heavy (non-hydrogen) atoms. The van der Waals surface area contributed by atoms with Crippen LogP contribution in [-0.2, 0) is 6.54 Å². The molecule has 1 N–H and O–H groups in total. The van der Waals surface area contributed by atoms with Crippen LogP contribution in [0, 0.1) is 5.82 Å². The molecular weight excluding hydrogens is 337 g/mol. The lowest BCUT2D eigenvalue weighted by Crippen LogP contribution is -2.08. The molecule has 0 spiro atoms. The third kappa shape index (κ3) is 3.02. The molecule has 0 saturated carbocycles. The van der Waals surface area contributed by atoms with Crippen LogP contribution in [0.3, 0.4) is 0 Å². The van der Waals surface area contributed by atoms with E-state index in [2.05, 4.69) is 36.5 Å². The maximum absolute atomic E-state index is 14.0. The summed E-state index contributed by atoms with van der Waals surface area (Å²) in [6.45, 7) is 1.48. The van der Waals surface area contributed by atoms with Crippen LogP contribution in [-0.4, -0.2) is 26.5 Å². The molecule has 0 aliphatic carbocycles. The number of pyridine rings is 1. The number of rotatable bonds is 5. The van der Waals surface area contributed by atoms with Crippen LogP contribution in [0.4, 0.5) is 10.1 Å². The first-order chi connectivity index (χ1) is 10.3. The van der Waals surface area contributed by atoms with Crippen molar-refractivity contribution in [2.75, 3.05) is 11.9 Å². The third-order valence-electron chi connectivity index (χ3n) is 3.14. The molecule has 3 aromatic rings. The fraction of sp³-hybridized carbons (Fsp3) is 0.214. The Morgan fingerprint density at radius 2 is 2.14 bits per heavy atom. The minimum absolute atomic E-state index is 0.278. The first-order valence-corrected chi connectivity index (χ1v) is 7.35. The Morgan fingerprint density at radius 1 is 1.24 bits per heavy atom. The van der Waals surface area contributed by atoms with Gasteiger partial charge in [0.2, 0.25) is 0 Å². The van der Waals surface area contributed by atoms with Gasteiger partial charge in [-0.05, 0) is 40.5 Å². The molecule has 3 rings (SSSR count). The lowest BCUT2D eigenvalue weighted by atomic mass is 10.1. The van der Waals surface area contributed by atoms with E-state index in [0.717, 1.165) is 23.1 Å². The number of nitrogens with zero attached hydrogens (tertiary/aromatic N) is 4. The first kappa shape index (κ1) is 13.9. The SMILES string of the molecule is Fc1ccc(Br)c2nccc(NCCCn3ccnn3)c12. The van der Waals surface area contributed by atoms with E-state index in [9.17, 15) is 4.39 Å². The molecule has 1 aromatic carbocycles. The first-order valence-electron chi connectivity index (χ1n) is 6.56. The van der Waals surface area contributed by atoms with Gasteiger partial charge in [0, 0.05) is 35.6 Å². The smallest absolute Gasteiger partial charge is 0.134 e. The highest BCUT2D eigenvalue weighted by Crippen LogP contribution is 2.29. The van der Waals surface area contributed by atoms with E-state index in [1.54, 1.807) is 29.2 Å². The van der Waals surface area contributed by atoms with E-state index in [4.69, 9.17) is 0 Å².